The number of hydrazone groups is 1. The summed E-state index contributed by atoms with van der Waals surface area (Å²) < 4.78 is 24.8. The predicted octanol–water partition coefficient (Wildman–Crippen LogP) is 1.82. The number of aromatic nitrogens is 2. The Morgan fingerprint density at radius 1 is 1.33 bits per heavy atom. The SMILES string of the molecule is Cc1nn(Cc2ccccc2)c(C)c1/C=N\NC(=O)C[C@H]1CCS(=O)(=O)C1. The maximum Gasteiger partial charge on any atom is 0.240 e. The first-order valence-electron chi connectivity index (χ1n) is 8.94. The zero-order valence-corrected chi connectivity index (χ0v) is 16.4. The van der Waals surface area contributed by atoms with Crippen LogP contribution < -0.4 is 5.43 Å². The van der Waals surface area contributed by atoms with Gasteiger partial charge in [-0.15, -0.1) is 0 Å². The maximum atomic E-state index is 12.0. The Balaban J connectivity index is 1.59. The fourth-order valence-corrected chi connectivity index (χ4v) is 5.18. The van der Waals surface area contributed by atoms with Crippen LogP contribution >= 0.6 is 0 Å². The summed E-state index contributed by atoms with van der Waals surface area (Å²) in [4.78, 5) is 12.0. The van der Waals surface area contributed by atoms with E-state index >= 15 is 0 Å². The minimum absolute atomic E-state index is 0.0919. The van der Waals surface area contributed by atoms with Gasteiger partial charge in [0.1, 0.15) is 0 Å². The molecule has 2 heterocycles. The average molecular weight is 388 g/mol. The van der Waals surface area contributed by atoms with Crippen molar-refractivity contribution in [3.8, 4) is 0 Å². The van der Waals surface area contributed by atoms with Crippen molar-refractivity contribution in [2.45, 2.75) is 33.2 Å². The molecule has 2 aromatic rings. The van der Waals surface area contributed by atoms with Crippen molar-refractivity contribution < 1.29 is 13.2 Å². The Kier molecular flexibility index (Phi) is 5.74. The number of nitrogens with one attached hydrogen (secondary N) is 1. The molecule has 1 aromatic heterocycles. The zero-order chi connectivity index (χ0) is 19.4. The highest BCUT2D eigenvalue weighted by atomic mass is 32.2. The van der Waals surface area contributed by atoms with Crippen molar-refractivity contribution in [3.63, 3.8) is 0 Å². The first kappa shape index (κ1) is 19.3. The molecule has 1 aliphatic rings. The standard InChI is InChI=1S/C19H24N4O3S/c1-14-18(15(2)23(22-14)12-16-6-4-3-5-7-16)11-20-21-19(24)10-17-8-9-27(25,26)13-17/h3-7,11,17H,8-10,12-13H2,1-2H3,(H,21,24)/b20-11-/t17-/m1/s1. The number of hydrogen-bond donors (Lipinski definition) is 1. The van der Waals surface area contributed by atoms with Crippen LogP contribution in [0.2, 0.25) is 0 Å². The highest BCUT2D eigenvalue weighted by molar-refractivity contribution is 7.91. The van der Waals surface area contributed by atoms with Gasteiger partial charge in [-0.05, 0) is 31.7 Å². The molecule has 0 spiro atoms. The van der Waals surface area contributed by atoms with Gasteiger partial charge in [-0.25, -0.2) is 13.8 Å². The van der Waals surface area contributed by atoms with Crippen LogP contribution in [0.1, 0.15) is 35.4 Å². The summed E-state index contributed by atoms with van der Waals surface area (Å²) in [7, 11) is -2.97. The third-order valence-corrected chi connectivity index (χ3v) is 6.63. The summed E-state index contributed by atoms with van der Waals surface area (Å²) in [6, 6.07) is 10.1. The monoisotopic (exact) mass is 388 g/mol. The van der Waals surface area contributed by atoms with Gasteiger partial charge in [-0.2, -0.15) is 10.2 Å². The number of aryl methyl sites for hydroxylation is 1. The molecule has 1 aromatic carbocycles. The van der Waals surface area contributed by atoms with Gasteiger partial charge in [0.15, 0.2) is 9.84 Å². The van der Waals surface area contributed by atoms with E-state index in [9.17, 15) is 13.2 Å². The summed E-state index contributed by atoms with van der Waals surface area (Å²) in [5.41, 5.74) is 6.33. The molecule has 8 heteroatoms. The quantitative estimate of drug-likeness (QED) is 0.603. The van der Waals surface area contributed by atoms with Gasteiger partial charge in [-0.1, -0.05) is 30.3 Å². The smallest absolute Gasteiger partial charge is 0.240 e. The van der Waals surface area contributed by atoms with Gasteiger partial charge in [-0.3, -0.25) is 9.48 Å². The van der Waals surface area contributed by atoms with Gasteiger partial charge < -0.3 is 0 Å². The highest BCUT2D eigenvalue weighted by Gasteiger charge is 2.29. The Morgan fingerprint density at radius 2 is 2.07 bits per heavy atom. The van der Waals surface area contributed by atoms with Crippen LogP contribution in [0.4, 0.5) is 0 Å². The molecule has 1 fully saturated rings. The van der Waals surface area contributed by atoms with E-state index in [2.05, 4.69) is 15.6 Å². The first-order valence-corrected chi connectivity index (χ1v) is 10.8. The third kappa shape index (κ3) is 5.03. The van der Waals surface area contributed by atoms with E-state index in [1.165, 1.54) is 0 Å². The molecule has 1 saturated heterocycles. The van der Waals surface area contributed by atoms with Crippen molar-refractivity contribution in [1.29, 1.82) is 0 Å². The fraction of sp³-hybridized carbons (Fsp3) is 0.421. The molecular weight excluding hydrogens is 364 g/mol. The van der Waals surface area contributed by atoms with E-state index in [4.69, 9.17) is 0 Å². The lowest BCUT2D eigenvalue weighted by atomic mass is 10.1. The lowest BCUT2D eigenvalue weighted by molar-refractivity contribution is -0.121. The molecule has 144 valence electrons. The van der Waals surface area contributed by atoms with Crippen LogP contribution in [0.15, 0.2) is 35.4 Å². The zero-order valence-electron chi connectivity index (χ0n) is 15.6. The summed E-state index contributed by atoms with van der Waals surface area (Å²) in [5.74, 6) is -0.107. The molecule has 1 N–H and O–H groups in total. The van der Waals surface area contributed by atoms with E-state index in [-0.39, 0.29) is 29.8 Å². The number of carbonyl (C=O) groups is 1. The van der Waals surface area contributed by atoms with Gasteiger partial charge in [0.05, 0.1) is 30.0 Å². The van der Waals surface area contributed by atoms with Gasteiger partial charge in [0, 0.05) is 17.7 Å². The molecule has 0 radical (unpaired) electrons. The number of nitrogens with zero attached hydrogens (tertiary/aromatic N) is 3. The molecule has 0 bridgehead atoms. The Bertz CT molecular complexity index is 949. The molecule has 1 amide bonds. The van der Waals surface area contributed by atoms with Crippen LogP contribution in [0, 0.1) is 19.8 Å². The van der Waals surface area contributed by atoms with Crippen molar-refractivity contribution in [2.75, 3.05) is 11.5 Å². The summed E-state index contributed by atoms with van der Waals surface area (Å²) in [6.45, 7) is 4.54. The number of rotatable bonds is 6. The topological polar surface area (TPSA) is 93.4 Å². The number of amides is 1. The number of carbonyl (C=O) groups excluding carboxylic acids is 1. The van der Waals surface area contributed by atoms with Gasteiger partial charge in [0.25, 0.3) is 0 Å². The lowest BCUT2D eigenvalue weighted by Crippen LogP contribution is -2.21. The summed E-state index contributed by atoms with van der Waals surface area (Å²) in [6.07, 6.45) is 2.33. The molecule has 0 saturated carbocycles. The second kappa shape index (κ2) is 8.04. The van der Waals surface area contributed by atoms with Gasteiger partial charge >= 0.3 is 0 Å². The summed E-state index contributed by atoms with van der Waals surface area (Å²) >= 11 is 0. The van der Waals surface area contributed by atoms with E-state index in [1.54, 1.807) is 6.21 Å². The number of sulfone groups is 1. The Hall–Kier alpha value is -2.48. The van der Waals surface area contributed by atoms with Crippen LogP contribution in [0.3, 0.4) is 0 Å². The largest absolute Gasteiger partial charge is 0.273 e. The van der Waals surface area contributed by atoms with Crippen molar-refractivity contribution in [3.05, 3.63) is 52.8 Å². The van der Waals surface area contributed by atoms with E-state index < -0.39 is 9.84 Å². The summed E-state index contributed by atoms with van der Waals surface area (Å²) in [5, 5.41) is 8.58. The van der Waals surface area contributed by atoms with E-state index in [0.717, 1.165) is 22.5 Å². The molecule has 1 atom stereocenters. The van der Waals surface area contributed by atoms with Gasteiger partial charge in [0.2, 0.25) is 5.91 Å². The molecule has 27 heavy (non-hydrogen) atoms. The maximum absolute atomic E-state index is 12.0. The number of hydrogen-bond acceptors (Lipinski definition) is 5. The second-order valence-electron chi connectivity index (χ2n) is 6.99. The third-order valence-electron chi connectivity index (χ3n) is 4.80. The highest BCUT2D eigenvalue weighted by Crippen LogP contribution is 2.21. The molecule has 0 aliphatic carbocycles. The van der Waals surface area contributed by atoms with E-state index in [0.29, 0.717) is 13.0 Å². The molecule has 3 rings (SSSR count). The Labute approximate surface area is 159 Å². The predicted molar refractivity (Wildman–Crippen MR) is 104 cm³/mol. The normalized spacial score (nSPS) is 18.8. The first-order chi connectivity index (χ1) is 12.8. The van der Waals surface area contributed by atoms with Crippen LogP contribution in [0.25, 0.3) is 0 Å². The molecule has 1 aliphatic heterocycles. The van der Waals surface area contributed by atoms with Crippen LogP contribution in [0.5, 0.6) is 0 Å². The fourth-order valence-electron chi connectivity index (χ4n) is 3.32. The van der Waals surface area contributed by atoms with Crippen molar-refractivity contribution >= 4 is 22.0 Å². The molecule has 0 unspecified atom stereocenters. The molecule has 7 nitrogen and oxygen atoms in total. The minimum Gasteiger partial charge on any atom is -0.273 e. The lowest BCUT2D eigenvalue weighted by Gasteiger charge is -2.05. The minimum atomic E-state index is -2.97. The average Bonchev–Trinajstić information content (AvgIpc) is 3.08. The molecular formula is C19H24N4O3S. The van der Waals surface area contributed by atoms with E-state index in [1.807, 2.05) is 48.9 Å². The van der Waals surface area contributed by atoms with Crippen LogP contribution in [-0.4, -0.2) is 41.8 Å². The van der Waals surface area contributed by atoms with Crippen molar-refractivity contribution in [2.24, 2.45) is 11.0 Å². The second-order valence-corrected chi connectivity index (χ2v) is 9.22. The number of benzene rings is 1. The van der Waals surface area contributed by atoms with Crippen LogP contribution in [-0.2, 0) is 21.2 Å². The van der Waals surface area contributed by atoms with Crippen molar-refractivity contribution in [1.82, 2.24) is 15.2 Å². The Morgan fingerprint density at radius 3 is 2.74 bits per heavy atom.